The SMILES string of the molecule is CC(C)(C)ONC(=O)CCCCCCC(=O)NO. The summed E-state index contributed by atoms with van der Waals surface area (Å²) >= 11 is 0. The zero-order valence-corrected chi connectivity index (χ0v) is 11.4. The quantitative estimate of drug-likeness (QED) is 0.352. The number of rotatable bonds is 8. The zero-order valence-electron chi connectivity index (χ0n) is 11.4. The molecule has 6 nitrogen and oxygen atoms in total. The average Bonchev–Trinajstić information content (AvgIpc) is 2.29. The van der Waals surface area contributed by atoms with Crippen LogP contribution in [0.15, 0.2) is 0 Å². The minimum atomic E-state index is -0.382. The third-order valence-electron chi connectivity index (χ3n) is 2.15. The molecule has 0 fully saturated rings. The zero-order chi connectivity index (χ0) is 14.0. The van der Waals surface area contributed by atoms with Crippen LogP contribution < -0.4 is 11.0 Å². The summed E-state index contributed by atoms with van der Waals surface area (Å²) in [5, 5.41) is 8.27. The van der Waals surface area contributed by atoms with Gasteiger partial charge in [0.2, 0.25) is 11.8 Å². The van der Waals surface area contributed by atoms with E-state index in [9.17, 15) is 9.59 Å². The Bertz CT molecular complexity index is 261. The standard InChI is InChI=1S/C12H24N2O4/c1-12(2,3)18-14-11(16)9-7-5-4-6-8-10(15)13-17/h17H,4-9H2,1-3H3,(H,13,15)(H,14,16). The maximum absolute atomic E-state index is 11.3. The van der Waals surface area contributed by atoms with Crippen molar-refractivity contribution in [3.05, 3.63) is 0 Å². The first-order valence-electron chi connectivity index (χ1n) is 6.25. The smallest absolute Gasteiger partial charge is 0.243 e. The molecule has 0 radical (unpaired) electrons. The Balaban J connectivity index is 3.38. The largest absolute Gasteiger partial charge is 0.289 e. The minimum Gasteiger partial charge on any atom is -0.289 e. The molecular formula is C12H24N2O4. The molecule has 0 spiro atoms. The lowest BCUT2D eigenvalue weighted by Gasteiger charge is -2.18. The van der Waals surface area contributed by atoms with Crippen LogP contribution in [0.5, 0.6) is 0 Å². The first kappa shape index (κ1) is 16.9. The second-order valence-corrected chi connectivity index (χ2v) is 5.19. The molecule has 0 aliphatic heterocycles. The molecule has 106 valence electrons. The molecule has 0 unspecified atom stereocenters. The van der Waals surface area contributed by atoms with E-state index in [0.717, 1.165) is 19.3 Å². The molecule has 0 rings (SSSR count). The van der Waals surface area contributed by atoms with Gasteiger partial charge in [0.1, 0.15) is 0 Å². The van der Waals surface area contributed by atoms with Crippen molar-refractivity contribution in [1.82, 2.24) is 11.0 Å². The molecule has 0 aliphatic rings. The highest BCUT2D eigenvalue weighted by molar-refractivity contribution is 5.74. The van der Waals surface area contributed by atoms with Crippen LogP contribution in [0.25, 0.3) is 0 Å². The third-order valence-corrected chi connectivity index (χ3v) is 2.15. The molecule has 0 aromatic heterocycles. The van der Waals surface area contributed by atoms with Crippen LogP contribution in [0.4, 0.5) is 0 Å². The Morgan fingerprint density at radius 3 is 1.94 bits per heavy atom. The van der Waals surface area contributed by atoms with Gasteiger partial charge < -0.3 is 0 Å². The second kappa shape index (κ2) is 8.88. The number of carbonyl (C=O) groups is 2. The van der Waals surface area contributed by atoms with E-state index in [1.165, 1.54) is 0 Å². The van der Waals surface area contributed by atoms with Crippen molar-refractivity contribution in [1.29, 1.82) is 0 Å². The van der Waals surface area contributed by atoms with Crippen LogP contribution in [-0.4, -0.2) is 22.6 Å². The molecule has 2 amide bonds. The van der Waals surface area contributed by atoms with Gasteiger partial charge in [0.25, 0.3) is 0 Å². The number of hydrogen-bond acceptors (Lipinski definition) is 4. The molecule has 0 aromatic rings. The van der Waals surface area contributed by atoms with Crippen molar-refractivity contribution < 1.29 is 19.6 Å². The van der Waals surface area contributed by atoms with Gasteiger partial charge >= 0.3 is 0 Å². The van der Waals surface area contributed by atoms with Crippen molar-refractivity contribution in [3.63, 3.8) is 0 Å². The van der Waals surface area contributed by atoms with Crippen LogP contribution in [0, 0.1) is 0 Å². The summed E-state index contributed by atoms with van der Waals surface area (Å²) in [6, 6.07) is 0. The van der Waals surface area contributed by atoms with E-state index in [2.05, 4.69) is 5.48 Å². The predicted molar refractivity (Wildman–Crippen MR) is 66.6 cm³/mol. The van der Waals surface area contributed by atoms with Gasteiger partial charge in [-0.1, -0.05) is 12.8 Å². The summed E-state index contributed by atoms with van der Waals surface area (Å²) in [6.45, 7) is 5.58. The highest BCUT2D eigenvalue weighted by Crippen LogP contribution is 2.07. The molecule has 0 aliphatic carbocycles. The highest BCUT2D eigenvalue weighted by atomic mass is 16.7. The Hall–Kier alpha value is -1.14. The van der Waals surface area contributed by atoms with E-state index in [1.54, 1.807) is 5.48 Å². The number of amides is 2. The monoisotopic (exact) mass is 260 g/mol. The van der Waals surface area contributed by atoms with Crippen LogP contribution in [-0.2, 0) is 14.4 Å². The van der Waals surface area contributed by atoms with Gasteiger partial charge in [-0.15, -0.1) is 0 Å². The molecule has 0 saturated heterocycles. The van der Waals surface area contributed by atoms with E-state index >= 15 is 0 Å². The van der Waals surface area contributed by atoms with Gasteiger partial charge in [0, 0.05) is 12.8 Å². The van der Waals surface area contributed by atoms with Crippen LogP contribution in [0.3, 0.4) is 0 Å². The lowest BCUT2D eigenvalue weighted by atomic mass is 10.1. The first-order valence-corrected chi connectivity index (χ1v) is 6.25. The fourth-order valence-corrected chi connectivity index (χ4v) is 1.24. The third kappa shape index (κ3) is 11.3. The summed E-state index contributed by atoms with van der Waals surface area (Å²) in [7, 11) is 0. The molecule has 0 aromatic carbocycles. The average molecular weight is 260 g/mol. The normalized spacial score (nSPS) is 11.1. The van der Waals surface area contributed by atoms with Gasteiger partial charge in [-0.25, -0.2) is 11.0 Å². The molecular weight excluding hydrogens is 236 g/mol. The summed E-state index contributed by atoms with van der Waals surface area (Å²) in [5.41, 5.74) is 3.61. The van der Waals surface area contributed by atoms with Crippen molar-refractivity contribution >= 4 is 11.8 Å². The van der Waals surface area contributed by atoms with E-state index in [0.29, 0.717) is 19.3 Å². The van der Waals surface area contributed by atoms with Gasteiger partial charge in [-0.3, -0.25) is 19.6 Å². The molecule has 0 bridgehead atoms. The Morgan fingerprint density at radius 1 is 1.00 bits per heavy atom. The van der Waals surface area contributed by atoms with Crippen molar-refractivity contribution in [2.24, 2.45) is 0 Å². The fraction of sp³-hybridized carbons (Fsp3) is 0.833. The lowest BCUT2D eigenvalue weighted by Crippen LogP contribution is -2.33. The second-order valence-electron chi connectivity index (χ2n) is 5.19. The van der Waals surface area contributed by atoms with Gasteiger partial charge in [-0.05, 0) is 33.6 Å². The summed E-state index contributed by atoms with van der Waals surface area (Å²) < 4.78 is 0. The molecule has 6 heteroatoms. The first-order chi connectivity index (χ1) is 8.35. The molecule has 0 saturated carbocycles. The van der Waals surface area contributed by atoms with E-state index in [-0.39, 0.29) is 17.4 Å². The Kier molecular flexibility index (Phi) is 8.32. The molecule has 18 heavy (non-hydrogen) atoms. The van der Waals surface area contributed by atoms with Crippen LogP contribution in [0.2, 0.25) is 0 Å². The van der Waals surface area contributed by atoms with Crippen molar-refractivity contribution in [3.8, 4) is 0 Å². The molecule has 0 atom stereocenters. The van der Waals surface area contributed by atoms with E-state index in [4.69, 9.17) is 10.0 Å². The molecule has 3 N–H and O–H groups in total. The van der Waals surface area contributed by atoms with Crippen LogP contribution >= 0.6 is 0 Å². The van der Waals surface area contributed by atoms with Crippen LogP contribution in [0.1, 0.15) is 59.3 Å². The van der Waals surface area contributed by atoms with Gasteiger partial charge in [0.05, 0.1) is 5.60 Å². The highest BCUT2D eigenvalue weighted by Gasteiger charge is 2.12. The summed E-state index contributed by atoms with van der Waals surface area (Å²) in [6.07, 6.45) is 3.95. The summed E-state index contributed by atoms with van der Waals surface area (Å²) in [4.78, 5) is 27.2. The number of carbonyl (C=O) groups excluding carboxylic acids is 2. The van der Waals surface area contributed by atoms with E-state index < -0.39 is 0 Å². The number of hydrogen-bond donors (Lipinski definition) is 3. The Labute approximate surface area is 108 Å². The maximum atomic E-state index is 11.3. The van der Waals surface area contributed by atoms with E-state index in [1.807, 2.05) is 20.8 Å². The number of nitrogens with one attached hydrogen (secondary N) is 2. The maximum Gasteiger partial charge on any atom is 0.243 e. The topological polar surface area (TPSA) is 87.7 Å². The number of hydroxylamine groups is 2. The lowest BCUT2D eigenvalue weighted by molar-refractivity contribution is -0.145. The fourth-order valence-electron chi connectivity index (χ4n) is 1.24. The number of unbranched alkanes of at least 4 members (excludes halogenated alkanes) is 3. The van der Waals surface area contributed by atoms with Gasteiger partial charge in [0.15, 0.2) is 0 Å². The van der Waals surface area contributed by atoms with Crippen molar-refractivity contribution in [2.75, 3.05) is 0 Å². The van der Waals surface area contributed by atoms with Gasteiger partial charge in [-0.2, -0.15) is 0 Å². The Morgan fingerprint density at radius 2 is 1.50 bits per heavy atom. The minimum absolute atomic E-state index is 0.127. The molecule has 0 heterocycles. The van der Waals surface area contributed by atoms with Crippen molar-refractivity contribution in [2.45, 2.75) is 64.9 Å². The summed E-state index contributed by atoms with van der Waals surface area (Å²) in [5.74, 6) is -0.496. The predicted octanol–water partition coefficient (Wildman–Crippen LogP) is 1.68.